The number of nitrogens with zero attached hydrogens (tertiary/aromatic N) is 1. The van der Waals surface area contributed by atoms with E-state index in [2.05, 4.69) is 15.8 Å². The highest BCUT2D eigenvalue weighted by Gasteiger charge is 2.21. The third-order valence-corrected chi connectivity index (χ3v) is 3.74. The highest BCUT2D eigenvalue weighted by Crippen LogP contribution is 2.30. The molecule has 7 nitrogen and oxygen atoms in total. The van der Waals surface area contributed by atoms with E-state index in [4.69, 9.17) is 9.26 Å². The summed E-state index contributed by atoms with van der Waals surface area (Å²) >= 11 is 0. The second-order valence-corrected chi connectivity index (χ2v) is 5.49. The molecule has 0 saturated heterocycles. The van der Waals surface area contributed by atoms with E-state index in [0.717, 1.165) is 5.56 Å². The number of hydrogen-bond donors (Lipinski definition) is 2. The number of hydrogen-bond acceptors (Lipinski definition) is 5. The molecule has 1 aromatic heterocycles. The maximum Gasteiger partial charge on any atom is 0.262 e. The molecular formula is C16H17N3O4. The minimum absolute atomic E-state index is 0.0185. The predicted octanol–water partition coefficient (Wildman–Crippen LogP) is 2.11. The number of anilines is 1. The average Bonchev–Trinajstić information content (AvgIpc) is 2.85. The van der Waals surface area contributed by atoms with Gasteiger partial charge in [0.2, 0.25) is 0 Å². The fraction of sp³-hybridized carbons (Fsp3) is 0.312. The largest absolute Gasteiger partial charge is 0.482 e. The maximum absolute atomic E-state index is 12.4. The number of amides is 2. The zero-order chi connectivity index (χ0) is 16.6. The fourth-order valence-electron chi connectivity index (χ4n) is 2.53. The summed E-state index contributed by atoms with van der Waals surface area (Å²) in [6.45, 7) is 5.31. The number of carbonyl (C=O) groups excluding carboxylic acids is 2. The first-order valence-electron chi connectivity index (χ1n) is 7.26. The first kappa shape index (κ1) is 15.1. The molecule has 1 atom stereocenters. The van der Waals surface area contributed by atoms with Gasteiger partial charge in [-0.25, -0.2) is 0 Å². The van der Waals surface area contributed by atoms with Crippen molar-refractivity contribution in [1.29, 1.82) is 0 Å². The van der Waals surface area contributed by atoms with Crippen LogP contribution in [0.4, 0.5) is 5.69 Å². The maximum atomic E-state index is 12.4. The van der Waals surface area contributed by atoms with Crippen LogP contribution in [0.15, 0.2) is 22.7 Å². The Morgan fingerprint density at radius 2 is 2.17 bits per heavy atom. The summed E-state index contributed by atoms with van der Waals surface area (Å²) in [4.78, 5) is 23.8. The minimum atomic E-state index is -0.250. The topological polar surface area (TPSA) is 93.5 Å². The van der Waals surface area contributed by atoms with Gasteiger partial charge in [0.25, 0.3) is 11.8 Å². The zero-order valence-corrected chi connectivity index (χ0v) is 13.1. The van der Waals surface area contributed by atoms with Crippen molar-refractivity contribution in [2.24, 2.45) is 0 Å². The van der Waals surface area contributed by atoms with Gasteiger partial charge >= 0.3 is 0 Å². The number of nitrogens with one attached hydrogen (secondary N) is 2. The lowest BCUT2D eigenvalue weighted by Crippen LogP contribution is -2.28. The summed E-state index contributed by atoms with van der Waals surface area (Å²) in [7, 11) is 0. The SMILES string of the molecule is Cc1noc(C)c1C(=O)N[C@H](C)c1ccc2c(c1)NC(=O)CO2. The van der Waals surface area contributed by atoms with E-state index in [-0.39, 0.29) is 24.5 Å². The zero-order valence-electron chi connectivity index (χ0n) is 13.1. The van der Waals surface area contributed by atoms with Crippen molar-refractivity contribution in [3.05, 3.63) is 40.8 Å². The van der Waals surface area contributed by atoms with Crippen molar-refractivity contribution in [2.45, 2.75) is 26.8 Å². The minimum Gasteiger partial charge on any atom is -0.482 e. The Kier molecular flexibility index (Phi) is 3.77. The summed E-state index contributed by atoms with van der Waals surface area (Å²) in [5, 5.41) is 9.44. The number of benzene rings is 1. The van der Waals surface area contributed by atoms with Crippen LogP contribution in [-0.4, -0.2) is 23.6 Å². The van der Waals surface area contributed by atoms with E-state index in [9.17, 15) is 9.59 Å². The number of carbonyl (C=O) groups is 2. The van der Waals surface area contributed by atoms with Gasteiger partial charge in [0.15, 0.2) is 6.61 Å². The lowest BCUT2D eigenvalue weighted by Gasteiger charge is -2.21. The molecule has 1 aliphatic heterocycles. The van der Waals surface area contributed by atoms with E-state index >= 15 is 0 Å². The molecule has 2 N–H and O–H groups in total. The molecule has 0 radical (unpaired) electrons. The van der Waals surface area contributed by atoms with E-state index in [1.165, 1.54) is 0 Å². The van der Waals surface area contributed by atoms with Crippen molar-refractivity contribution in [3.8, 4) is 5.75 Å². The fourth-order valence-corrected chi connectivity index (χ4v) is 2.53. The third kappa shape index (κ3) is 2.90. The molecule has 2 heterocycles. The normalized spacial score (nSPS) is 14.5. The molecule has 120 valence electrons. The Labute approximate surface area is 133 Å². The number of aryl methyl sites for hydroxylation is 2. The monoisotopic (exact) mass is 315 g/mol. The molecule has 1 aromatic carbocycles. The van der Waals surface area contributed by atoms with Crippen LogP contribution in [0.3, 0.4) is 0 Å². The Morgan fingerprint density at radius 3 is 2.87 bits per heavy atom. The predicted molar refractivity (Wildman–Crippen MR) is 82.4 cm³/mol. The van der Waals surface area contributed by atoms with E-state index in [0.29, 0.717) is 28.5 Å². The number of aromatic nitrogens is 1. The lowest BCUT2D eigenvalue weighted by molar-refractivity contribution is -0.118. The molecule has 0 fully saturated rings. The highest BCUT2D eigenvalue weighted by atomic mass is 16.5. The molecule has 7 heteroatoms. The van der Waals surface area contributed by atoms with Crippen LogP contribution in [0.1, 0.15) is 40.3 Å². The van der Waals surface area contributed by atoms with Crippen molar-refractivity contribution >= 4 is 17.5 Å². The van der Waals surface area contributed by atoms with Gasteiger partial charge in [-0.3, -0.25) is 9.59 Å². The lowest BCUT2D eigenvalue weighted by atomic mass is 10.1. The molecule has 23 heavy (non-hydrogen) atoms. The van der Waals surface area contributed by atoms with Crippen molar-refractivity contribution in [2.75, 3.05) is 11.9 Å². The summed E-state index contributed by atoms with van der Waals surface area (Å²) in [5.74, 6) is 0.671. The van der Waals surface area contributed by atoms with Gasteiger partial charge in [-0.1, -0.05) is 11.2 Å². The molecule has 2 aromatic rings. The molecule has 3 rings (SSSR count). The molecule has 2 amide bonds. The second kappa shape index (κ2) is 5.75. The summed E-state index contributed by atoms with van der Waals surface area (Å²) in [5.41, 5.74) is 2.47. The quantitative estimate of drug-likeness (QED) is 0.905. The number of ether oxygens (including phenoxy) is 1. The van der Waals surface area contributed by atoms with E-state index < -0.39 is 0 Å². The average molecular weight is 315 g/mol. The van der Waals surface area contributed by atoms with Gasteiger partial charge in [0.1, 0.15) is 17.1 Å². The molecule has 0 bridgehead atoms. The van der Waals surface area contributed by atoms with Gasteiger partial charge in [0.05, 0.1) is 17.4 Å². The molecule has 0 saturated carbocycles. The third-order valence-electron chi connectivity index (χ3n) is 3.74. The van der Waals surface area contributed by atoms with Crippen LogP contribution < -0.4 is 15.4 Å². The van der Waals surface area contributed by atoms with Crippen LogP contribution in [0.2, 0.25) is 0 Å². The van der Waals surface area contributed by atoms with Gasteiger partial charge in [-0.2, -0.15) is 0 Å². The van der Waals surface area contributed by atoms with Gasteiger partial charge in [0, 0.05) is 0 Å². The second-order valence-electron chi connectivity index (χ2n) is 5.49. The van der Waals surface area contributed by atoms with E-state index in [1.54, 1.807) is 26.0 Å². The van der Waals surface area contributed by atoms with Gasteiger partial charge in [-0.05, 0) is 38.5 Å². The first-order valence-corrected chi connectivity index (χ1v) is 7.26. The van der Waals surface area contributed by atoms with Crippen molar-refractivity contribution in [3.63, 3.8) is 0 Å². The van der Waals surface area contributed by atoms with Crippen LogP contribution in [0.25, 0.3) is 0 Å². The smallest absolute Gasteiger partial charge is 0.262 e. The van der Waals surface area contributed by atoms with Crippen LogP contribution >= 0.6 is 0 Å². The van der Waals surface area contributed by atoms with Crippen LogP contribution in [0, 0.1) is 13.8 Å². The molecular weight excluding hydrogens is 298 g/mol. The number of rotatable bonds is 3. The van der Waals surface area contributed by atoms with Crippen LogP contribution in [0.5, 0.6) is 5.75 Å². The molecule has 0 unspecified atom stereocenters. The summed E-state index contributed by atoms with van der Waals surface area (Å²) in [6, 6.07) is 5.18. The van der Waals surface area contributed by atoms with Crippen molar-refractivity contribution in [1.82, 2.24) is 10.5 Å². The van der Waals surface area contributed by atoms with Crippen molar-refractivity contribution < 1.29 is 18.8 Å². The van der Waals surface area contributed by atoms with Crippen LogP contribution in [-0.2, 0) is 4.79 Å². The van der Waals surface area contributed by atoms with Gasteiger partial charge < -0.3 is 19.9 Å². The Hall–Kier alpha value is -2.83. The standard InChI is InChI=1S/C16H17N3O4/c1-8(17-16(21)15-9(2)19-23-10(15)3)11-4-5-13-12(6-11)18-14(20)7-22-13/h4-6,8H,7H2,1-3H3,(H,17,21)(H,18,20)/t8-/m1/s1. The Morgan fingerprint density at radius 1 is 1.39 bits per heavy atom. The number of fused-ring (bicyclic) bond motifs is 1. The highest BCUT2D eigenvalue weighted by molar-refractivity contribution is 5.97. The molecule has 0 aliphatic carbocycles. The summed E-state index contributed by atoms with van der Waals surface area (Å²) < 4.78 is 10.3. The Balaban J connectivity index is 1.78. The van der Waals surface area contributed by atoms with Gasteiger partial charge in [-0.15, -0.1) is 0 Å². The summed E-state index contributed by atoms with van der Waals surface area (Å²) in [6.07, 6.45) is 0. The molecule has 1 aliphatic rings. The molecule has 0 spiro atoms. The Bertz CT molecular complexity index is 762. The van der Waals surface area contributed by atoms with E-state index in [1.807, 2.05) is 13.0 Å². The first-order chi connectivity index (χ1) is 11.0.